The summed E-state index contributed by atoms with van der Waals surface area (Å²) in [6.07, 6.45) is 6.39. The standard InChI is InChI=1S/C35H40N6O4S/c1-24-10-12-30(13-11-24)46(43,44)41-29(20-39-14-6-7-25(2)18-39)16-31-26(3)19-40(34(42)33(31)41)28-9-5-8-27(15-28)35(21-45-22-35)17-32-37-36-23-38(32)4/h5,8-13,15-16,19,23,25H,6-7,14,17-18,20-22H2,1-4H3/t25-/m0/s1. The summed E-state index contributed by atoms with van der Waals surface area (Å²) < 4.78 is 39.4. The predicted molar refractivity (Wildman–Crippen MR) is 177 cm³/mol. The Hall–Kier alpha value is -4.06. The first-order chi connectivity index (χ1) is 22.1. The molecule has 0 bridgehead atoms. The van der Waals surface area contributed by atoms with E-state index < -0.39 is 10.0 Å². The highest BCUT2D eigenvalue weighted by atomic mass is 32.2. The molecule has 2 aliphatic rings. The van der Waals surface area contributed by atoms with Crippen molar-refractivity contribution in [1.29, 1.82) is 0 Å². The number of aromatic nitrogens is 5. The lowest BCUT2D eigenvalue weighted by Crippen LogP contribution is -2.49. The molecule has 2 aliphatic heterocycles. The molecule has 2 aromatic carbocycles. The molecule has 46 heavy (non-hydrogen) atoms. The summed E-state index contributed by atoms with van der Waals surface area (Å²) in [5, 5.41) is 8.99. The predicted octanol–water partition coefficient (Wildman–Crippen LogP) is 4.52. The number of likely N-dealkylation sites (tertiary alicyclic amines) is 1. The van der Waals surface area contributed by atoms with Gasteiger partial charge in [-0.1, -0.05) is 36.8 Å². The SMILES string of the molecule is Cc1ccc(S(=O)(=O)n2c(CN3CCC[C@H](C)C3)cc3c(C)cn(-c4cccc(C5(Cc6nncn6C)COC5)c4)c(=O)c32)cc1. The Morgan fingerprint density at radius 1 is 1.07 bits per heavy atom. The molecule has 0 spiro atoms. The zero-order chi connectivity index (χ0) is 32.2. The minimum atomic E-state index is -4.09. The van der Waals surface area contributed by atoms with E-state index in [1.807, 2.05) is 55.9 Å². The average molecular weight is 641 g/mol. The Labute approximate surface area is 269 Å². The number of aryl methyl sites for hydroxylation is 3. The van der Waals surface area contributed by atoms with Crippen molar-refractivity contribution in [3.63, 3.8) is 0 Å². The number of piperidine rings is 1. The molecule has 0 radical (unpaired) electrons. The van der Waals surface area contributed by atoms with E-state index in [4.69, 9.17) is 4.74 Å². The molecule has 1 atom stereocenters. The van der Waals surface area contributed by atoms with Crippen molar-refractivity contribution < 1.29 is 13.2 Å². The van der Waals surface area contributed by atoms with E-state index >= 15 is 0 Å². The fraction of sp³-hybridized carbons (Fsp3) is 0.400. The zero-order valence-corrected chi connectivity index (χ0v) is 27.6. The van der Waals surface area contributed by atoms with Crippen LogP contribution in [0.5, 0.6) is 0 Å². The van der Waals surface area contributed by atoms with Crippen LogP contribution in [0.15, 0.2) is 76.8 Å². The molecule has 7 rings (SSSR count). The van der Waals surface area contributed by atoms with E-state index in [0.29, 0.717) is 48.9 Å². The molecular formula is C35H40N6O4S. The second-order valence-electron chi connectivity index (χ2n) is 13.3. The molecule has 10 nitrogen and oxygen atoms in total. The lowest BCUT2D eigenvalue weighted by Gasteiger charge is -2.41. The van der Waals surface area contributed by atoms with Crippen molar-refractivity contribution in [3.8, 4) is 5.69 Å². The Morgan fingerprint density at radius 3 is 2.52 bits per heavy atom. The molecule has 0 unspecified atom stereocenters. The first-order valence-electron chi connectivity index (χ1n) is 15.9. The Balaban J connectivity index is 1.38. The normalized spacial score (nSPS) is 18.6. The first kappa shape index (κ1) is 30.6. The van der Waals surface area contributed by atoms with Crippen molar-refractivity contribution in [3.05, 3.63) is 106 Å². The first-order valence-corrected chi connectivity index (χ1v) is 17.3. The van der Waals surface area contributed by atoms with Crippen LogP contribution in [0.1, 0.15) is 48.0 Å². The van der Waals surface area contributed by atoms with Crippen LogP contribution < -0.4 is 5.56 Å². The summed E-state index contributed by atoms with van der Waals surface area (Å²) in [4.78, 5) is 17.0. The van der Waals surface area contributed by atoms with Crippen LogP contribution in [-0.4, -0.2) is 62.9 Å². The third-order valence-electron chi connectivity index (χ3n) is 9.68. The van der Waals surface area contributed by atoms with E-state index in [0.717, 1.165) is 48.4 Å². The summed E-state index contributed by atoms with van der Waals surface area (Å²) in [7, 11) is -2.16. The van der Waals surface area contributed by atoms with Gasteiger partial charge in [-0.3, -0.25) is 14.3 Å². The maximum absolute atomic E-state index is 14.6. The topological polar surface area (TPSA) is 104 Å². The van der Waals surface area contributed by atoms with Gasteiger partial charge in [0.2, 0.25) is 0 Å². The maximum Gasteiger partial charge on any atom is 0.280 e. The quantitative estimate of drug-likeness (QED) is 0.246. The van der Waals surface area contributed by atoms with E-state index in [-0.39, 0.29) is 21.4 Å². The van der Waals surface area contributed by atoms with Gasteiger partial charge in [0.05, 0.1) is 18.1 Å². The summed E-state index contributed by atoms with van der Waals surface area (Å²) in [6.45, 7) is 9.39. The van der Waals surface area contributed by atoms with Crippen LogP contribution in [0.3, 0.4) is 0 Å². The van der Waals surface area contributed by atoms with Crippen LogP contribution in [-0.2, 0) is 40.2 Å². The fourth-order valence-electron chi connectivity index (χ4n) is 7.01. The van der Waals surface area contributed by atoms with Crippen LogP contribution >= 0.6 is 0 Å². The number of ether oxygens (including phenoxy) is 1. The highest BCUT2D eigenvalue weighted by molar-refractivity contribution is 7.90. The van der Waals surface area contributed by atoms with Crippen molar-refractivity contribution >= 4 is 20.9 Å². The van der Waals surface area contributed by atoms with Gasteiger partial charge in [0.15, 0.2) is 0 Å². The molecule has 240 valence electrons. The van der Waals surface area contributed by atoms with Crippen molar-refractivity contribution in [2.24, 2.45) is 13.0 Å². The van der Waals surface area contributed by atoms with Gasteiger partial charge in [-0.05, 0) is 80.6 Å². The lowest BCUT2D eigenvalue weighted by molar-refractivity contribution is -0.0611. The van der Waals surface area contributed by atoms with Gasteiger partial charge in [-0.2, -0.15) is 0 Å². The smallest absolute Gasteiger partial charge is 0.280 e. The zero-order valence-electron chi connectivity index (χ0n) is 26.8. The molecule has 2 fully saturated rings. The van der Waals surface area contributed by atoms with Crippen LogP contribution in [0.25, 0.3) is 16.6 Å². The number of hydrogen-bond acceptors (Lipinski definition) is 7. The Kier molecular flexibility index (Phi) is 7.73. The van der Waals surface area contributed by atoms with E-state index in [2.05, 4.69) is 28.1 Å². The number of fused-ring (bicyclic) bond motifs is 1. The highest BCUT2D eigenvalue weighted by Crippen LogP contribution is 2.36. The van der Waals surface area contributed by atoms with Gasteiger partial charge in [0.1, 0.15) is 17.7 Å². The maximum atomic E-state index is 14.6. The lowest BCUT2D eigenvalue weighted by atomic mass is 9.75. The third kappa shape index (κ3) is 5.30. The molecule has 5 aromatic rings. The minimum absolute atomic E-state index is 0.161. The van der Waals surface area contributed by atoms with Crippen LogP contribution in [0.4, 0.5) is 0 Å². The summed E-state index contributed by atoms with van der Waals surface area (Å²) in [6, 6.07) is 16.6. The number of pyridine rings is 1. The molecule has 11 heteroatoms. The fourth-order valence-corrected chi connectivity index (χ4v) is 8.54. The highest BCUT2D eigenvalue weighted by Gasteiger charge is 2.42. The number of hydrogen-bond donors (Lipinski definition) is 0. The molecule has 0 amide bonds. The largest absolute Gasteiger partial charge is 0.379 e. The number of rotatable bonds is 8. The van der Waals surface area contributed by atoms with E-state index in [9.17, 15) is 13.2 Å². The summed E-state index contributed by atoms with van der Waals surface area (Å²) in [5.74, 6) is 1.39. The van der Waals surface area contributed by atoms with Gasteiger partial charge in [-0.25, -0.2) is 12.4 Å². The number of benzene rings is 2. The van der Waals surface area contributed by atoms with Crippen molar-refractivity contribution in [1.82, 2.24) is 28.2 Å². The van der Waals surface area contributed by atoms with Gasteiger partial charge in [0, 0.05) is 54.9 Å². The van der Waals surface area contributed by atoms with E-state index in [1.165, 1.54) is 3.97 Å². The van der Waals surface area contributed by atoms with Gasteiger partial charge in [-0.15, -0.1) is 10.2 Å². The molecule has 0 N–H and O–H groups in total. The van der Waals surface area contributed by atoms with Crippen LogP contribution in [0, 0.1) is 19.8 Å². The van der Waals surface area contributed by atoms with Crippen molar-refractivity contribution in [2.45, 2.75) is 56.9 Å². The third-order valence-corrected chi connectivity index (χ3v) is 11.4. The Morgan fingerprint density at radius 2 is 1.85 bits per heavy atom. The van der Waals surface area contributed by atoms with Crippen LogP contribution in [0.2, 0.25) is 0 Å². The monoisotopic (exact) mass is 640 g/mol. The summed E-state index contributed by atoms with van der Waals surface area (Å²) >= 11 is 0. The van der Waals surface area contributed by atoms with E-state index in [1.54, 1.807) is 35.2 Å². The van der Waals surface area contributed by atoms with Gasteiger partial charge >= 0.3 is 0 Å². The number of nitrogens with zero attached hydrogens (tertiary/aromatic N) is 6. The molecular weight excluding hydrogens is 600 g/mol. The average Bonchev–Trinajstić information content (AvgIpc) is 3.61. The molecule has 0 aliphatic carbocycles. The molecule has 0 saturated carbocycles. The molecule has 3 aromatic heterocycles. The summed E-state index contributed by atoms with van der Waals surface area (Å²) in [5.41, 5.74) is 3.59. The minimum Gasteiger partial charge on any atom is -0.379 e. The molecule has 5 heterocycles. The Bertz CT molecular complexity index is 2090. The molecule has 2 saturated heterocycles. The van der Waals surface area contributed by atoms with Gasteiger partial charge in [0.25, 0.3) is 15.6 Å². The second kappa shape index (κ2) is 11.6. The van der Waals surface area contributed by atoms with Crippen molar-refractivity contribution in [2.75, 3.05) is 26.3 Å². The van der Waals surface area contributed by atoms with Gasteiger partial charge < -0.3 is 9.30 Å². The second-order valence-corrected chi connectivity index (χ2v) is 15.1.